The summed E-state index contributed by atoms with van der Waals surface area (Å²) in [5.41, 5.74) is 29.3. The SMILES string of the molecule is COCCOC(=O)c1ccc(C(C)=O)cc1.NCc1ccc(N)cc1.Nc1ccc(CNC(=O)c2ccc(C(=O)NCc3ccc(N)cc3)cc2)cc1.[2H][B][3H]. The molecule has 0 aliphatic heterocycles. The van der Waals surface area contributed by atoms with Crippen molar-refractivity contribution in [3.05, 3.63) is 160 Å². The van der Waals surface area contributed by atoms with Gasteiger partial charge in [-0.3, -0.25) is 14.4 Å². The number of Topliss-reactive ketones (excluding diaryl/α,β-unsaturated/α-hetero) is 1. The molecule has 2 amide bonds. The molecule has 0 aliphatic carbocycles. The molecule has 13 heteroatoms. The largest absolute Gasteiger partial charge is 0.460 e. The lowest BCUT2D eigenvalue weighted by Gasteiger charge is -2.08. The second kappa shape index (κ2) is 23.2. The van der Waals surface area contributed by atoms with E-state index in [0.29, 0.717) is 68.2 Å². The highest BCUT2D eigenvalue weighted by atomic mass is 16.6. The van der Waals surface area contributed by atoms with Gasteiger partial charge in [0.2, 0.25) is 0 Å². The molecule has 12 nitrogen and oxygen atoms in total. The first-order chi connectivity index (χ1) is 26.9. The highest BCUT2D eigenvalue weighted by molar-refractivity contribution is 5.98. The maximum absolute atomic E-state index is 12.3. The van der Waals surface area contributed by atoms with Gasteiger partial charge in [-0.25, -0.2) is 4.79 Å². The molecular formula is C41H48BN6O6. The standard InChI is InChI=1S/C22H22N4O2.C12H14O4.C7H10N2.BH2/c23-19-9-1-15(2-10-19)13-25-21(27)17-5-7-18(8-6-17)22(28)26-14-16-3-11-20(24)12-4-16;1-9(13)10-3-5-11(6-4-10)12(14)16-8-7-15-2;8-5-6-1-3-7(9)4-2-6;/h1-12H,13-14,23-24H2,(H,25,27)(H,26,28);3-6H,7-8H2,1-2H3;1-4H,5,8-9H2;1H2/i;;;1TD. The fourth-order valence-corrected chi connectivity index (χ4v) is 4.41. The van der Waals surface area contributed by atoms with E-state index in [1.807, 2.05) is 48.5 Å². The molecule has 5 rings (SSSR count). The minimum Gasteiger partial charge on any atom is -0.460 e. The number of ketones is 1. The number of nitrogens with one attached hydrogen (secondary N) is 2. The van der Waals surface area contributed by atoms with Crippen LogP contribution in [0.1, 0.15) is 65.0 Å². The molecule has 0 spiro atoms. The maximum Gasteiger partial charge on any atom is 0.338 e. The molecule has 0 saturated heterocycles. The summed E-state index contributed by atoms with van der Waals surface area (Å²) in [4.78, 5) is 47.0. The summed E-state index contributed by atoms with van der Waals surface area (Å²) >= 11 is 0. The molecule has 0 unspecified atom stereocenters. The number of hydrogen-bond acceptors (Lipinski definition) is 10. The Morgan fingerprint density at radius 2 is 0.963 bits per heavy atom. The monoisotopic (exact) mass is 734 g/mol. The van der Waals surface area contributed by atoms with Crippen molar-refractivity contribution in [2.45, 2.75) is 26.6 Å². The van der Waals surface area contributed by atoms with Crippen molar-refractivity contribution in [1.29, 1.82) is 2.67 Å². The van der Waals surface area contributed by atoms with Gasteiger partial charge in [0.25, 0.3) is 11.8 Å². The van der Waals surface area contributed by atoms with Gasteiger partial charge in [0.15, 0.2) is 5.78 Å². The zero-order valence-electron chi connectivity index (χ0n) is 32.4. The third-order valence-electron chi connectivity index (χ3n) is 7.54. The molecule has 0 saturated carbocycles. The summed E-state index contributed by atoms with van der Waals surface area (Å²) in [6.07, 6.45) is 0. The highest BCUT2D eigenvalue weighted by Crippen LogP contribution is 2.10. The molecule has 54 heavy (non-hydrogen) atoms. The van der Waals surface area contributed by atoms with Gasteiger partial charge in [-0.2, -0.15) is 0 Å². The van der Waals surface area contributed by atoms with Gasteiger partial charge in [0.05, 0.1) is 20.5 Å². The van der Waals surface area contributed by atoms with Crippen LogP contribution in [0.3, 0.4) is 0 Å². The van der Waals surface area contributed by atoms with Gasteiger partial charge in [-0.05, 0) is 99.1 Å². The first-order valence-electron chi connectivity index (χ1n) is 17.8. The van der Waals surface area contributed by atoms with Crippen molar-refractivity contribution < 1.29 is 28.7 Å². The van der Waals surface area contributed by atoms with E-state index in [0.717, 1.165) is 22.4 Å². The summed E-state index contributed by atoms with van der Waals surface area (Å²) in [6.45, 7) is 3.47. The van der Waals surface area contributed by atoms with E-state index in [1.54, 1.807) is 72.8 Å². The average molecular weight is 735 g/mol. The maximum atomic E-state index is 12.3. The normalized spacial score (nSPS) is 10.1. The van der Waals surface area contributed by atoms with Gasteiger partial charge in [-0.1, -0.05) is 48.5 Å². The summed E-state index contributed by atoms with van der Waals surface area (Å²) in [6, 6.07) is 35.1. The molecule has 281 valence electrons. The third-order valence-corrected chi connectivity index (χ3v) is 7.54. The predicted molar refractivity (Wildman–Crippen MR) is 216 cm³/mol. The van der Waals surface area contributed by atoms with Crippen molar-refractivity contribution in [2.75, 3.05) is 37.5 Å². The molecule has 5 aromatic carbocycles. The fourth-order valence-electron chi connectivity index (χ4n) is 4.41. The number of rotatable bonds is 12. The number of ether oxygens (including phenoxy) is 2. The zero-order chi connectivity index (χ0) is 41.3. The van der Waals surface area contributed by atoms with Crippen molar-refractivity contribution >= 4 is 49.0 Å². The number of carbonyl (C=O) groups excluding carboxylic acids is 4. The lowest BCUT2D eigenvalue weighted by Crippen LogP contribution is -2.24. The molecule has 10 N–H and O–H groups in total. The molecule has 0 atom stereocenters. The average Bonchev–Trinajstić information content (AvgIpc) is 3.21. The topological polar surface area (TPSA) is 215 Å². The zero-order valence-corrected chi connectivity index (χ0v) is 30.4. The smallest absolute Gasteiger partial charge is 0.338 e. The number of methoxy groups -OCH3 is 1. The van der Waals surface area contributed by atoms with Crippen LogP contribution < -0.4 is 33.6 Å². The van der Waals surface area contributed by atoms with Gasteiger partial charge in [-0.15, -0.1) is 0 Å². The van der Waals surface area contributed by atoms with E-state index >= 15 is 0 Å². The number of esters is 1. The Bertz CT molecular complexity index is 1850. The number of nitrogens with two attached hydrogens (primary N) is 4. The Hall–Kier alpha value is -6.44. The van der Waals surface area contributed by atoms with E-state index < -0.39 is 5.97 Å². The molecular weight excluding hydrogens is 683 g/mol. The molecule has 0 bridgehead atoms. The van der Waals surface area contributed by atoms with E-state index in [9.17, 15) is 19.2 Å². The number of nitrogen functional groups attached to an aromatic ring is 3. The highest BCUT2D eigenvalue weighted by Gasteiger charge is 2.10. The van der Waals surface area contributed by atoms with Crippen molar-refractivity contribution in [2.24, 2.45) is 5.73 Å². The second-order valence-electron chi connectivity index (χ2n) is 11.6. The van der Waals surface area contributed by atoms with Crippen LogP contribution in [0.25, 0.3) is 0 Å². The Kier molecular flexibility index (Phi) is 17.3. The molecule has 0 heterocycles. The van der Waals surface area contributed by atoms with E-state index in [2.05, 4.69) is 10.6 Å². The van der Waals surface area contributed by atoms with E-state index in [1.165, 1.54) is 14.0 Å². The number of hydrogen-bond donors (Lipinski definition) is 6. The molecule has 0 aliphatic rings. The van der Waals surface area contributed by atoms with Gasteiger partial charge < -0.3 is 43.0 Å². The Labute approximate surface area is 320 Å². The minimum absolute atomic E-state index is 0.0284. The van der Waals surface area contributed by atoms with Crippen LogP contribution in [-0.4, -0.2) is 54.9 Å². The summed E-state index contributed by atoms with van der Waals surface area (Å²) in [5.74, 6) is -0.845. The Morgan fingerprint density at radius 1 is 0.611 bits per heavy atom. The molecule has 5 aromatic rings. The summed E-state index contributed by atoms with van der Waals surface area (Å²) in [5, 5.41) is 5.69. The fraction of sp³-hybridized carbons (Fsp3) is 0.171. The first kappa shape index (κ1) is 40.3. The number of carbonyl (C=O) groups is 4. The number of amides is 2. The van der Waals surface area contributed by atoms with E-state index in [4.69, 9.17) is 35.1 Å². The van der Waals surface area contributed by atoms with Crippen LogP contribution in [0.4, 0.5) is 17.1 Å². The second-order valence-corrected chi connectivity index (χ2v) is 11.6. The van der Waals surface area contributed by atoms with Crippen molar-refractivity contribution in [3.8, 4) is 0 Å². The molecule has 0 fully saturated rings. The van der Waals surface area contributed by atoms with Gasteiger partial charge in [0, 0.05) is 60.5 Å². The summed E-state index contributed by atoms with van der Waals surface area (Å²) in [7, 11) is 2.04. The molecule has 1 radical (unpaired) electrons. The Balaban J connectivity index is 0.000000323. The van der Waals surface area contributed by atoms with Crippen molar-refractivity contribution in [3.63, 3.8) is 0 Å². The van der Waals surface area contributed by atoms with Crippen molar-refractivity contribution in [1.82, 2.24) is 10.6 Å². The van der Waals surface area contributed by atoms with Crippen LogP contribution in [0.5, 0.6) is 0 Å². The lowest BCUT2D eigenvalue weighted by atomic mass is 10.1. The molecule has 0 aromatic heterocycles. The number of anilines is 3. The van der Waals surface area contributed by atoms with Gasteiger partial charge >= 0.3 is 5.97 Å². The van der Waals surface area contributed by atoms with Crippen LogP contribution in [0, 0.1) is 0 Å². The van der Waals surface area contributed by atoms with Crippen LogP contribution in [0.15, 0.2) is 121 Å². The first-order valence-corrected chi connectivity index (χ1v) is 16.7. The van der Waals surface area contributed by atoms with Crippen LogP contribution in [0.2, 0.25) is 0 Å². The number of benzene rings is 5. The van der Waals surface area contributed by atoms with Crippen LogP contribution in [-0.2, 0) is 29.1 Å². The Morgan fingerprint density at radius 3 is 1.31 bits per heavy atom. The van der Waals surface area contributed by atoms with E-state index in [-0.39, 0.29) is 24.2 Å². The predicted octanol–water partition coefficient (Wildman–Crippen LogP) is 4.21. The lowest BCUT2D eigenvalue weighted by molar-refractivity contribution is 0.0387. The minimum atomic E-state index is -0.410. The quantitative estimate of drug-likeness (QED) is 0.0353. The third kappa shape index (κ3) is 15.4. The summed E-state index contributed by atoms with van der Waals surface area (Å²) < 4.78 is 21.2. The van der Waals surface area contributed by atoms with Gasteiger partial charge in [0.1, 0.15) is 6.61 Å². The van der Waals surface area contributed by atoms with Crippen LogP contribution >= 0.6 is 0 Å².